The van der Waals surface area contributed by atoms with Gasteiger partial charge in [0.25, 0.3) is 0 Å². The van der Waals surface area contributed by atoms with Crippen LogP contribution in [0.1, 0.15) is 18.4 Å². The first-order valence-electron chi connectivity index (χ1n) is 7.44. The number of likely N-dealkylation sites (tertiary alicyclic amines) is 1. The predicted octanol–water partition coefficient (Wildman–Crippen LogP) is 2.79. The van der Waals surface area contributed by atoms with Crippen LogP contribution in [0, 0.1) is 5.92 Å². The van der Waals surface area contributed by atoms with Crippen LogP contribution in [0.15, 0.2) is 24.3 Å². The van der Waals surface area contributed by atoms with E-state index in [1.165, 1.54) is 31.5 Å². The first-order chi connectivity index (χ1) is 9.78. The van der Waals surface area contributed by atoms with Gasteiger partial charge in [0.15, 0.2) is 0 Å². The summed E-state index contributed by atoms with van der Waals surface area (Å²) in [7, 11) is 1.75. The normalized spacial score (nSPS) is 20.2. The van der Waals surface area contributed by atoms with E-state index in [1.807, 2.05) is 12.1 Å². The van der Waals surface area contributed by atoms with Crippen LogP contribution in [-0.4, -0.2) is 44.8 Å². The molecule has 1 N–H and O–H groups in total. The second kappa shape index (κ2) is 8.63. The molecule has 1 unspecified atom stereocenters. The van der Waals surface area contributed by atoms with E-state index in [4.69, 9.17) is 16.3 Å². The lowest BCUT2D eigenvalue weighted by Gasteiger charge is -2.33. The first kappa shape index (κ1) is 15.8. The summed E-state index contributed by atoms with van der Waals surface area (Å²) in [5.41, 5.74) is 1.35. The number of benzene rings is 1. The summed E-state index contributed by atoms with van der Waals surface area (Å²) in [6.45, 7) is 6.26. The molecular weight excluding hydrogens is 272 g/mol. The summed E-state index contributed by atoms with van der Waals surface area (Å²) < 4.78 is 5.06. The van der Waals surface area contributed by atoms with Crippen molar-refractivity contribution in [2.24, 2.45) is 5.92 Å². The molecule has 3 nitrogen and oxygen atoms in total. The van der Waals surface area contributed by atoms with Crippen LogP contribution < -0.4 is 5.32 Å². The predicted molar refractivity (Wildman–Crippen MR) is 84.2 cm³/mol. The van der Waals surface area contributed by atoms with E-state index in [-0.39, 0.29) is 0 Å². The summed E-state index contributed by atoms with van der Waals surface area (Å²) in [6.07, 6.45) is 2.63. The van der Waals surface area contributed by atoms with Crippen molar-refractivity contribution in [3.63, 3.8) is 0 Å². The van der Waals surface area contributed by atoms with Gasteiger partial charge in [-0.3, -0.25) is 4.90 Å². The maximum absolute atomic E-state index is 5.93. The average Bonchev–Trinajstić information content (AvgIpc) is 2.47. The Morgan fingerprint density at radius 3 is 2.90 bits per heavy atom. The van der Waals surface area contributed by atoms with E-state index < -0.39 is 0 Å². The van der Waals surface area contributed by atoms with Crippen molar-refractivity contribution >= 4 is 11.6 Å². The van der Waals surface area contributed by atoms with Crippen molar-refractivity contribution < 1.29 is 4.74 Å². The first-order valence-corrected chi connectivity index (χ1v) is 7.82. The van der Waals surface area contributed by atoms with Crippen LogP contribution in [0.2, 0.25) is 5.02 Å². The van der Waals surface area contributed by atoms with Gasteiger partial charge in [-0.25, -0.2) is 0 Å². The molecule has 1 aliphatic heterocycles. The number of hydrogen-bond donors (Lipinski definition) is 1. The topological polar surface area (TPSA) is 24.5 Å². The summed E-state index contributed by atoms with van der Waals surface area (Å²) in [5, 5.41) is 4.29. The molecule has 1 fully saturated rings. The van der Waals surface area contributed by atoms with E-state index in [2.05, 4.69) is 22.3 Å². The van der Waals surface area contributed by atoms with Crippen LogP contribution in [-0.2, 0) is 11.3 Å². The van der Waals surface area contributed by atoms with E-state index >= 15 is 0 Å². The molecule has 0 aromatic heterocycles. The third kappa shape index (κ3) is 5.41. The van der Waals surface area contributed by atoms with Crippen LogP contribution >= 0.6 is 11.6 Å². The molecular formula is C16H25ClN2O. The third-order valence-electron chi connectivity index (χ3n) is 3.84. The minimum Gasteiger partial charge on any atom is -0.383 e. The smallest absolute Gasteiger partial charge is 0.0587 e. The van der Waals surface area contributed by atoms with Crippen molar-refractivity contribution in [2.75, 3.05) is 39.9 Å². The summed E-state index contributed by atoms with van der Waals surface area (Å²) >= 11 is 5.93. The maximum atomic E-state index is 5.93. The molecule has 1 aliphatic rings. The van der Waals surface area contributed by atoms with Gasteiger partial charge in [0.05, 0.1) is 6.61 Å². The third-order valence-corrected chi connectivity index (χ3v) is 4.09. The molecule has 4 heteroatoms. The van der Waals surface area contributed by atoms with E-state index in [0.717, 1.165) is 37.2 Å². The quantitative estimate of drug-likeness (QED) is 0.783. The molecule has 0 saturated carbocycles. The SMILES string of the molecule is COCCNCC1CCCN(Cc2ccc(Cl)cc2)C1. The fraction of sp³-hybridized carbons (Fsp3) is 0.625. The van der Waals surface area contributed by atoms with Gasteiger partial charge in [-0.2, -0.15) is 0 Å². The second-order valence-electron chi connectivity index (χ2n) is 5.57. The molecule has 0 spiro atoms. The second-order valence-corrected chi connectivity index (χ2v) is 6.00. The van der Waals surface area contributed by atoms with E-state index in [9.17, 15) is 0 Å². The zero-order valence-electron chi connectivity index (χ0n) is 12.3. The van der Waals surface area contributed by atoms with Gasteiger partial charge >= 0.3 is 0 Å². The van der Waals surface area contributed by atoms with Crippen molar-refractivity contribution in [3.8, 4) is 0 Å². The lowest BCUT2D eigenvalue weighted by molar-refractivity contribution is 0.159. The van der Waals surface area contributed by atoms with Crippen LogP contribution in [0.4, 0.5) is 0 Å². The Labute approximate surface area is 127 Å². The Balaban J connectivity index is 1.74. The van der Waals surface area contributed by atoms with Gasteiger partial charge in [0.2, 0.25) is 0 Å². The van der Waals surface area contributed by atoms with Gasteiger partial charge in [0, 0.05) is 31.8 Å². The maximum Gasteiger partial charge on any atom is 0.0587 e. The highest BCUT2D eigenvalue weighted by Gasteiger charge is 2.19. The van der Waals surface area contributed by atoms with Gasteiger partial charge in [-0.15, -0.1) is 0 Å². The van der Waals surface area contributed by atoms with Gasteiger partial charge < -0.3 is 10.1 Å². The largest absolute Gasteiger partial charge is 0.383 e. The number of nitrogens with zero attached hydrogens (tertiary/aromatic N) is 1. The van der Waals surface area contributed by atoms with Crippen molar-refractivity contribution in [3.05, 3.63) is 34.9 Å². The van der Waals surface area contributed by atoms with Crippen molar-refractivity contribution in [1.82, 2.24) is 10.2 Å². The highest BCUT2D eigenvalue weighted by atomic mass is 35.5. The Morgan fingerprint density at radius 2 is 2.15 bits per heavy atom. The molecule has 0 amide bonds. The van der Waals surface area contributed by atoms with Crippen molar-refractivity contribution in [2.45, 2.75) is 19.4 Å². The number of hydrogen-bond acceptors (Lipinski definition) is 3. The van der Waals surface area contributed by atoms with Crippen LogP contribution in [0.5, 0.6) is 0 Å². The van der Waals surface area contributed by atoms with Gasteiger partial charge in [-0.1, -0.05) is 23.7 Å². The molecule has 0 aliphatic carbocycles. The number of nitrogens with one attached hydrogen (secondary N) is 1. The van der Waals surface area contributed by atoms with E-state index in [0.29, 0.717) is 0 Å². The molecule has 1 saturated heterocycles. The molecule has 1 aromatic carbocycles. The highest BCUT2D eigenvalue weighted by Crippen LogP contribution is 2.19. The average molecular weight is 297 g/mol. The zero-order chi connectivity index (χ0) is 14.2. The van der Waals surface area contributed by atoms with Crippen LogP contribution in [0.3, 0.4) is 0 Å². The van der Waals surface area contributed by atoms with E-state index in [1.54, 1.807) is 7.11 Å². The van der Waals surface area contributed by atoms with Gasteiger partial charge in [-0.05, 0) is 49.5 Å². The number of piperidine rings is 1. The van der Waals surface area contributed by atoms with Gasteiger partial charge in [0.1, 0.15) is 0 Å². The summed E-state index contributed by atoms with van der Waals surface area (Å²) in [6, 6.07) is 8.21. The fourth-order valence-electron chi connectivity index (χ4n) is 2.79. The Kier molecular flexibility index (Phi) is 6.80. The molecule has 1 atom stereocenters. The minimum atomic E-state index is 0.757. The Bertz CT molecular complexity index is 383. The molecule has 0 bridgehead atoms. The standard InChI is InChI=1S/C16H25ClN2O/c1-20-10-8-18-11-15-3-2-9-19(13-15)12-14-4-6-16(17)7-5-14/h4-7,15,18H,2-3,8-13H2,1H3. The molecule has 1 heterocycles. The number of halogens is 1. The van der Waals surface area contributed by atoms with Crippen molar-refractivity contribution in [1.29, 1.82) is 0 Å². The molecule has 20 heavy (non-hydrogen) atoms. The fourth-order valence-corrected chi connectivity index (χ4v) is 2.92. The number of ether oxygens (including phenoxy) is 1. The number of methoxy groups -OCH3 is 1. The lowest BCUT2D eigenvalue weighted by atomic mass is 9.97. The summed E-state index contributed by atoms with van der Waals surface area (Å²) in [4.78, 5) is 2.55. The molecule has 2 rings (SSSR count). The molecule has 112 valence electrons. The zero-order valence-corrected chi connectivity index (χ0v) is 13.0. The molecule has 1 aromatic rings. The molecule has 0 radical (unpaired) electrons. The minimum absolute atomic E-state index is 0.757. The Morgan fingerprint density at radius 1 is 1.35 bits per heavy atom. The van der Waals surface area contributed by atoms with Crippen LogP contribution in [0.25, 0.3) is 0 Å². The number of rotatable bonds is 7. The summed E-state index contributed by atoms with van der Waals surface area (Å²) in [5.74, 6) is 0.757. The highest BCUT2D eigenvalue weighted by molar-refractivity contribution is 6.30. The monoisotopic (exact) mass is 296 g/mol. The lowest BCUT2D eigenvalue weighted by Crippen LogP contribution is -2.39. The Hall–Kier alpha value is -0.610.